The molecule has 0 aliphatic rings. The normalized spacial score (nSPS) is 21.0. The first kappa shape index (κ1) is 8.80. The Labute approximate surface area is 52.4 Å². The van der Waals surface area contributed by atoms with E-state index < -0.39 is 25.0 Å². The van der Waals surface area contributed by atoms with Crippen LogP contribution in [0.5, 0.6) is 0 Å². The highest BCUT2D eigenvalue weighted by Crippen LogP contribution is 1.93. The van der Waals surface area contributed by atoms with Crippen LogP contribution in [0.15, 0.2) is 0 Å². The first-order valence-electron chi connectivity index (χ1n) is 2.50. The van der Waals surface area contributed by atoms with Gasteiger partial charge in [-0.2, -0.15) is 0 Å². The molecule has 0 radical (unpaired) electrons. The molecule has 0 saturated carbocycles. The van der Waals surface area contributed by atoms with E-state index in [0.717, 1.165) is 0 Å². The Bertz CT molecular complexity index is 77.0. The number of nitrogens with two attached hydrogens (primary N) is 1. The van der Waals surface area contributed by atoms with Crippen molar-refractivity contribution in [3.05, 3.63) is 0 Å². The third-order valence-electron chi connectivity index (χ3n) is 0.931. The van der Waals surface area contributed by atoms with E-state index >= 15 is 0 Å². The molecule has 0 aromatic carbocycles. The molecule has 0 bridgehead atoms. The molecule has 0 aliphatic heterocycles. The van der Waals surface area contributed by atoms with Crippen molar-refractivity contribution in [2.24, 2.45) is 5.73 Å². The van der Waals surface area contributed by atoms with Crippen LogP contribution in [0.25, 0.3) is 0 Å². The van der Waals surface area contributed by atoms with Crippen LogP contribution in [-0.2, 0) is 0 Å². The Kier molecular flexibility index (Phi) is 3.67. The molecule has 0 saturated heterocycles. The Morgan fingerprint density at radius 3 is 1.78 bits per heavy atom. The monoisotopic (exact) mass is 137 g/mol. The van der Waals surface area contributed by atoms with Crippen molar-refractivity contribution in [2.45, 2.75) is 18.4 Å². The van der Waals surface area contributed by atoms with Gasteiger partial charge in [-0.15, -0.1) is 0 Å². The predicted molar refractivity (Wildman–Crippen MR) is 29.3 cm³/mol. The third kappa shape index (κ3) is 2.73. The Morgan fingerprint density at radius 2 is 1.67 bits per heavy atom. The van der Waals surface area contributed by atoms with E-state index in [-0.39, 0.29) is 0 Å². The lowest BCUT2D eigenvalue weighted by Crippen LogP contribution is -2.44. The van der Waals surface area contributed by atoms with Gasteiger partial charge < -0.3 is 26.2 Å². The molecule has 0 amide bonds. The lowest BCUT2D eigenvalue weighted by molar-refractivity contribution is -0.0738. The van der Waals surface area contributed by atoms with Crippen LogP contribution >= 0.6 is 0 Å². The van der Waals surface area contributed by atoms with Crippen LogP contribution in [0.2, 0.25) is 0 Å². The average Bonchev–Trinajstić information content (AvgIpc) is 1.84. The summed E-state index contributed by atoms with van der Waals surface area (Å²) in [6.45, 7) is -0.616. The van der Waals surface area contributed by atoms with Gasteiger partial charge in [-0.3, -0.25) is 0 Å². The van der Waals surface area contributed by atoms with Gasteiger partial charge in [0.05, 0.1) is 6.61 Å². The quantitative estimate of drug-likeness (QED) is 0.266. The van der Waals surface area contributed by atoms with E-state index in [1.165, 1.54) is 0 Å². The number of aliphatic hydroxyl groups is 4. The standard InChI is InChI=1S/C4H11NO4/c5-4(9)3(8)2(7)1-6/h2-4,6-9H,1,5H2/t2-,3-,4?/m1/s1. The summed E-state index contributed by atoms with van der Waals surface area (Å²) in [4.78, 5) is 0. The smallest absolute Gasteiger partial charge is 0.131 e. The van der Waals surface area contributed by atoms with E-state index in [4.69, 9.17) is 26.2 Å². The maximum atomic E-state index is 8.61. The zero-order valence-corrected chi connectivity index (χ0v) is 4.81. The van der Waals surface area contributed by atoms with Crippen molar-refractivity contribution in [1.29, 1.82) is 0 Å². The Morgan fingerprint density at radius 1 is 1.22 bits per heavy atom. The number of hydrogen-bond donors (Lipinski definition) is 5. The number of hydrogen-bond acceptors (Lipinski definition) is 5. The fourth-order valence-corrected chi connectivity index (χ4v) is 0.336. The lowest BCUT2D eigenvalue weighted by atomic mass is 10.2. The minimum Gasteiger partial charge on any atom is -0.394 e. The SMILES string of the molecule is NC(O)[C@H](O)[C@H](O)CO. The van der Waals surface area contributed by atoms with Gasteiger partial charge in [0.15, 0.2) is 0 Å². The van der Waals surface area contributed by atoms with Crippen molar-refractivity contribution in [3.63, 3.8) is 0 Å². The van der Waals surface area contributed by atoms with Crippen LogP contribution in [0, 0.1) is 0 Å². The molecule has 5 heteroatoms. The third-order valence-corrected chi connectivity index (χ3v) is 0.931. The van der Waals surface area contributed by atoms with Gasteiger partial charge >= 0.3 is 0 Å². The zero-order chi connectivity index (χ0) is 7.44. The molecule has 6 N–H and O–H groups in total. The fraction of sp³-hybridized carbons (Fsp3) is 1.00. The molecule has 1 unspecified atom stereocenters. The minimum atomic E-state index is -1.51. The first-order valence-corrected chi connectivity index (χ1v) is 2.50. The topological polar surface area (TPSA) is 107 Å². The molecule has 0 heterocycles. The zero-order valence-electron chi connectivity index (χ0n) is 4.81. The van der Waals surface area contributed by atoms with Crippen LogP contribution in [-0.4, -0.2) is 45.5 Å². The molecule has 0 fully saturated rings. The van der Waals surface area contributed by atoms with Gasteiger partial charge in [0, 0.05) is 0 Å². The summed E-state index contributed by atoms with van der Waals surface area (Å²) >= 11 is 0. The van der Waals surface area contributed by atoms with E-state index in [1.54, 1.807) is 0 Å². The van der Waals surface area contributed by atoms with Crippen LogP contribution in [0.3, 0.4) is 0 Å². The molecule has 56 valence electrons. The highest BCUT2D eigenvalue weighted by atomic mass is 16.4. The molecular weight excluding hydrogens is 126 g/mol. The summed E-state index contributed by atoms with van der Waals surface area (Å²) in [6.07, 6.45) is -4.35. The summed E-state index contributed by atoms with van der Waals surface area (Å²) in [5.41, 5.74) is 4.75. The van der Waals surface area contributed by atoms with Gasteiger partial charge in [-0.1, -0.05) is 0 Å². The molecule has 5 nitrogen and oxygen atoms in total. The van der Waals surface area contributed by atoms with Crippen LogP contribution in [0.4, 0.5) is 0 Å². The number of rotatable bonds is 3. The van der Waals surface area contributed by atoms with Gasteiger partial charge in [0.2, 0.25) is 0 Å². The van der Waals surface area contributed by atoms with E-state index in [9.17, 15) is 0 Å². The summed E-state index contributed by atoms with van der Waals surface area (Å²) in [5, 5.41) is 33.7. The van der Waals surface area contributed by atoms with Crippen molar-refractivity contribution in [1.82, 2.24) is 0 Å². The van der Waals surface area contributed by atoms with Crippen molar-refractivity contribution in [2.75, 3.05) is 6.61 Å². The molecule has 0 aromatic heterocycles. The van der Waals surface area contributed by atoms with Gasteiger partial charge in [-0.25, -0.2) is 0 Å². The average molecular weight is 137 g/mol. The van der Waals surface area contributed by atoms with E-state index in [1.807, 2.05) is 0 Å². The minimum absolute atomic E-state index is 0.616. The Balaban J connectivity index is 3.58. The van der Waals surface area contributed by atoms with Crippen molar-refractivity contribution in [3.8, 4) is 0 Å². The van der Waals surface area contributed by atoms with Gasteiger partial charge in [-0.05, 0) is 0 Å². The van der Waals surface area contributed by atoms with Crippen molar-refractivity contribution < 1.29 is 20.4 Å². The molecule has 9 heavy (non-hydrogen) atoms. The second kappa shape index (κ2) is 3.76. The second-order valence-electron chi connectivity index (χ2n) is 1.73. The molecule has 3 atom stereocenters. The summed E-state index contributed by atoms with van der Waals surface area (Å²) in [6, 6.07) is 0. The summed E-state index contributed by atoms with van der Waals surface area (Å²) in [5.74, 6) is 0. The van der Waals surface area contributed by atoms with Crippen LogP contribution < -0.4 is 5.73 Å². The fourth-order valence-electron chi connectivity index (χ4n) is 0.336. The molecule has 0 aromatic rings. The lowest BCUT2D eigenvalue weighted by Gasteiger charge is -2.17. The van der Waals surface area contributed by atoms with Crippen molar-refractivity contribution >= 4 is 0 Å². The van der Waals surface area contributed by atoms with Crippen LogP contribution in [0.1, 0.15) is 0 Å². The van der Waals surface area contributed by atoms with E-state index in [0.29, 0.717) is 0 Å². The maximum Gasteiger partial charge on any atom is 0.131 e. The Hall–Kier alpha value is -0.200. The second-order valence-corrected chi connectivity index (χ2v) is 1.73. The summed E-state index contributed by atoms with van der Waals surface area (Å²) in [7, 11) is 0. The maximum absolute atomic E-state index is 8.61. The van der Waals surface area contributed by atoms with Gasteiger partial charge in [0.1, 0.15) is 18.4 Å². The predicted octanol–water partition coefficient (Wildman–Crippen LogP) is -3.02. The number of aliphatic hydroxyl groups excluding tert-OH is 4. The molecular formula is C4H11NO4. The molecule has 0 spiro atoms. The van der Waals surface area contributed by atoms with E-state index in [2.05, 4.69) is 0 Å². The van der Waals surface area contributed by atoms with Gasteiger partial charge in [0.25, 0.3) is 0 Å². The first-order chi connectivity index (χ1) is 4.09. The highest BCUT2D eigenvalue weighted by Gasteiger charge is 2.19. The summed E-state index contributed by atoms with van der Waals surface area (Å²) < 4.78 is 0. The molecule has 0 rings (SSSR count). The largest absolute Gasteiger partial charge is 0.394 e. The highest BCUT2D eigenvalue weighted by molar-refractivity contribution is 4.69. The molecule has 0 aliphatic carbocycles.